The number of ether oxygens (including phenoxy) is 3. The summed E-state index contributed by atoms with van der Waals surface area (Å²) in [6.07, 6.45) is 6.97. The van der Waals surface area contributed by atoms with E-state index in [1.807, 2.05) is 26.5 Å². The van der Waals surface area contributed by atoms with Gasteiger partial charge < -0.3 is 34.3 Å². The number of hydrogen-bond acceptors (Lipinski definition) is 13. The minimum absolute atomic E-state index is 0.0970. The lowest BCUT2D eigenvalue weighted by molar-refractivity contribution is -0.146. The Labute approximate surface area is 379 Å². The number of carbonyl (C=O) groups is 3. The molecule has 4 aromatic rings. The fourth-order valence-corrected chi connectivity index (χ4v) is 9.52. The van der Waals surface area contributed by atoms with Crippen LogP contribution in [0.15, 0.2) is 75.2 Å². The summed E-state index contributed by atoms with van der Waals surface area (Å²) in [5.41, 5.74) is 2.42. The van der Waals surface area contributed by atoms with Gasteiger partial charge in [0, 0.05) is 77.9 Å². The third-order valence-corrected chi connectivity index (χ3v) is 13.1. The highest BCUT2D eigenvalue weighted by Crippen LogP contribution is 2.46. The molecule has 5 heterocycles. The molecule has 3 N–H and O–H groups in total. The molecule has 2 aromatic carbocycles. The van der Waals surface area contributed by atoms with E-state index in [0.717, 1.165) is 36.8 Å². The van der Waals surface area contributed by atoms with E-state index in [0.29, 0.717) is 72.0 Å². The minimum Gasteiger partial charge on any atom is -0.493 e. The van der Waals surface area contributed by atoms with Crippen molar-refractivity contribution in [3.05, 3.63) is 108 Å². The topological polar surface area (TPSA) is 185 Å². The van der Waals surface area contributed by atoms with Crippen molar-refractivity contribution in [1.29, 1.82) is 0 Å². The Kier molecular flexibility index (Phi) is 14.2. The number of methoxy groups -OCH3 is 2. The summed E-state index contributed by atoms with van der Waals surface area (Å²) in [6.45, 7) is 8.73. The number of hydrogen-bond donors (Lipinski definition) is 3. The maximum atomic E-state index is 14.1. The number of piperazine rings is 1. The van der Waals surface area contributed by atoms with E-state index in [9.17, 15) is 33.8 Å². The van der Waals surface area contributed by atoms with Gasteiger partial charge in [0.05, 0.1) is 32.1 Å². The minimum atomic E-state index is -1.26. The van der Waals surface area contributed by atoms with Gasteiger partial charge in [0.1, 0.15) is 23.5 Å². The van der Waals surface area contributed by atoms with E-state index < -0.39 is 41.2 Å². The number of unbranched alkanes of at least 4 members (excludes halogenated alkanes) is 3. The van der Waals surface area contributed by atoms with Crippen molar-refractivity contribution in [1.82, 2.24) is 24.7 Å². The number of pyridine rings is 1. The lowest BCUT2D eigenvalue weighted by atomic mass is 9.78. The van der Waals surface area contributed by atoms with Crippen LogP contribution in [0.5, 0.6) is 11.5 Å². The quantitative estimate of drug-likeness (QED) is 0.0785. The van der Waals surface area contributed by atoms with Crippen LogP contribution in [0.2, 0.25) is 5.02 Å². The van der Waals surface area contributed by atoms with Crippen LogP contribution in [-0.4, -0.2) is 113 Å². The maximum absolute atomic E-state index is 14.1. The van der Waals surface area contributed by atoms with Gasteiger partial charge in [-0.25, -0.2) is 19.0 Å². The first-order valence-corrected chi connectivity index (χ1v) is 22.4. The number of esters is 1. The van der Waals surface area contributed by atoms with E-state index in [1.54, 1.807) is 18.7 Å². The highest BCUT2D eigenvalue weighted by Gasteiger charge is 2.38. The number of rotatable bonds is 16. The number of aromatic carboxylic acids is 1. The van der Waals surface area contributed by atoms with Crippen LogP contribution >= 0.6 is 22.9 Å². The zero-order chi connectivity index (χ0) is 45.9. The summed E-state index contributed by atoms with van der Waals surface area (Å²) in [5.74, 6) is -1.87. The maximum Gasteiger partial charge on any atom is 0.341 e. The number of carbonyl (C=O) groups excluding carboxylic acids is 1. The molecule has 3 aliphatic heterocycles. The van der Waals surface area contributed by atoms with Gasteiger partial charge in [-0.15, -0.1) is 11.3 Å². The SMILES string of the molecule is COC(=O)C1=C(CN2CCN(CCCCCCOc3cc4c(cc3OC)-c3cc(=O)c(C(=O)O)cn3C(C(C)(C)C)C4)C(C(=O)O)C2)NC(c2nccs2)=N[C@H]1c1ccc(F)cc1Cl. The predicted molar refractivity (Wildman–Crippen MR) is 240 cm³/mol. The standard InChI is InChI=1S/C46H52ClFN6O9S/c1-46(2,3)38-19-26-18-37(36(61-4)21-29(26)33-22-35(55)30(43(56)57)23-54(33)38)63-16-9-7-6-8-13-53-15-14-52(25-34(53)44(58)59)24-32-39(45(60)62-5)40(28-11-10-27(48)20-31(28)47)51-41(50-32)42-49-12-17-64-42/h10-12,17-18,20-23,34,38,40H,6-9,13-16,19,24-25H2,1-5H3,(H,50,51)(H,56,57)(H,58,59)/t34?,38?,40-/m0/s1. The number of thiazole rings is 1. The molecule has 0 bridgehead atoms. The first-order valence-electron chi connectivity index (χ1n) is 21.1. The van der Waals surface area contributed by atoms with Gasteiger partial charge in [-0.05, 0) is 61.1 Å². The van der Waals surface area contributed by atoms with E-state index in [-0.39, 0.29) is 40.7 Å². The fourth-order valence-electron chi connectivity index (χ4n) is 8.66. The molecule has 0 radical (unpaired) electrons. The number of aliphatic carboxylic acids is 1. The van der Waals surface area contributed by atoms with Crippen LogP contribution in [0, 0.1) is 11.2 Å². The Morgan fingerprint density at radius 3 is 2.48 bits per heavy atom. The molecule has 15 nitrogen and oxygen atoms in total. The third-order valence-electron chi connectivity index (χ3n) is 12.0. The molecule has 1 fully saturated rings. The molecule has 3 atom stereocenters. The number of carboxylic acid groups (broad SMARTS) is 2. The zero-order valence-corrected chi connectivity index (χ0v) is 37.9. The summed E-state index contributed by atoms with van der Waals surface area (Å²) in [7, 11) is 2.82. The zero-order valence-electron chi connectivity index (χ0n) is 36.4. The van der Waals surface area contributed by atoms with Crippen LogP contribution < -0.4 is 20.2 Å². The molecule has 0 spiro atoms. The van der Waals surface area contributed by atoms with Gasteiger partial charge in [0.15, 0.2) is 27.8 Å². The van der Waals surface area contributed by atoms with Gasteiger partial charge in [0.2, 0.25) is 0 Å². The van der Waals surface area contributed by atoms with Crippen LogP contribution in [0.25, 0.3) is 11.3 Å². The summed E-state index contributed by atoms with van der Waals surface area (Å²) in [6, 6.07) is 7.30. The number of halogens is 2. The van der Waals surface area contributed by atoms with Crippen molar-refractivity contribution in [3.63, 3.8) is 0 Å². The second kappa shape index (κ2) is 19.6. The largest absolute Gasteiger partial charge is 0.493 e. The number of carboxylic acids is 2. The second-order valence-electron chi connectivity index (χ2n) is 17.2. The number of amidine groups is 1. The van der Waals surface area contributed by atoms with Crippen LogP contribution in [-0.2, 0) is 20.7 Å². The molecular weight excluding hydrogens is 867 g/mol. The first kappa shape index (κ1) is 46.4. The molecule has 7 rings (SSSR count). The summed E-state index contributed by atoms with van der Waals surface area (Å²) >= 11 is 7.86. The summed E-state index contributed by atoms with van der Waals surface area (Å²) in [4.78, 5) is 63.9. The highest BCUT2D eigenvalue weighted by atomic mass is 35.5. The Morgan fingerprint density at radius 1 is 1.03 bits per heavy atom. The number of aromatic nitrogens is 2. The lowest BCUT2D eigenvalue weighted by Gasteiger charge is -2.40. The van der Waals surface area contributed by atoms with Crippen LogP contribution in [0.3, 0.4) is 0 Å². The van der Waals surface area contributed by atoms with Crippen molar-refractivity contribution in [3.8, 4) is 22.8 Å². The smallest absolute Gasteiger partial charge is 0.341 e. The third kappa shape index (κ3) is 10.0. The Balaban J connectivity index is 0.960. The number of aliphatic imine (C=N–C) groups is 1. The lowest BCUT2D eigenvalue weighted by Crippen LogP contribution is -2.57. The molecule has 0 aliphatic carbocycles. The van der Waals surface area contributed by atoms with Crippen LogP contribution in [0.1, 0.15) is 85.0 Å². The van der Waals surface area contributed by atoms with Crippen molar-refractivity contribution in [2.45, 2.75) is 71.0 Å². The monoisotopic (exact) mass is 918 g/mol. The molecule has 340 valence electrons. The number of benzene rings is 2. The van der Waals surface area contributed by atoms with Gasteiger partial charge in [0.25, 0.3) is 0 Å². The van der Waals surface area contributed by atoms with E-state index in [4.69, 9.17) is 30.8 Å². The molecule has 64 heavy (non-hydrogen) atoms. The van der Waals surface area contributed by atoms with E-state index in [2.05, 4.69) is 31.1 Å². The van der Waals surface area contributed by atoms with E-state index in [1.165, 1.54) is 48.9 Å². The van der Waals surface area contributed by atoms with E-state index >= 15 is 0 Å². The Hall–Kier alpha value is -5.62. The number of fused-ring (bicyclic) bond motifs is 3. The second-order valence-corrected chi connectivity index (χ2v) is 18.5. The molecule has 2 aromatic heterocycles. The van der Waals surface area contributed by atoms with Gasteiger partial charge >= 0.3 is 17.9 Å². The average molecular weight is 919 g/mol. The van der Waals surface area contributed by atoms with Crippen molar-refractivity contribution in [2.75, 3.05) is 53.6 Å². The van der Waals surface area contributed by atoms with Gasteiger partial charge in [-0.2, -0.15) is 0 Å². The highest BCUT2D eigenvalue weighted by molar-refractivity contribution is 7.11. The fraction of sp³-hybridized carbons (Fsp3) is 0.435. The predicted octanol–water partition coefficient (Wildman–Crippen LogP) is 6.84. The number of nitrogens with zero attached hydrogens (tertiary/aromatic N) is 5. The Bertz CT molecular complexity index is 2540. The number of nitrogens with one attached hydrogen (secondary N) is 1. The molecule has 2 unspecified atom stereocenters. The first-order chi connectivity index (χ1) is 30.6. The van der Waals surface area contributed by atoms with Gasteiger partial charge in [-0.3, -0.25) is 24.4 Å². The van der Waals surface area contributed by atoms with Crippen molar-refractivity contribution in [2.24, 2.45) is 10.4 Å². The van der Waals surface area contributed by atoms with Crippen molar-refractivity contribution < 1.29 is 43.2 Å². The molecule has 0 saturated carbocycles. The van der Waals surface area contributed by atoms with Crippen molar-refractivity contribution >= 4 is 46.7 Å². The normalized spacial score (nSPS) is 19.0. The molecule has 18 heteroatoms. The van der Waals surface area contributed by atoms with Crippen LogP contribution in [0.4, 0.5) is 4.39 Å². The molecule has 1 saturated heterocycles. The average Bonchev–Trinajstić information content (AvgIpc) is 3.80. The van der Waals surface area contributed by atoms with Gasteiger partial charge in [-0.1, -0.05) is 51.3 Å². The molecule has 0 amide bonds. The molecule has 3 aliphatic rings. The summed E-state index contributed by atoms with van der Waals surface area (Å²) < 4.78 is 33.2. The summed E-state index contributed by atoms with van der Waals surface area (Å²) in [5, 5.41) is 25.8. The molecular formula is C46H52ClFN6O9S. The Morgan fingerprint density at radius 2 is 1.81 bits per heavy atom.